The van der Waals surface area contributed by atoms with Crippen molar-refractivity contribution in [2.45, 2.75) is 38.2 Å². The second kappa shape index (κ2) is 8.77. The van der Waals surface area contributed by atoms with E-state index in [-0.39, 0.29) is 11.3 Å². The van der Waals surface area contributed by atoms with Crippen LogP contribution in [0.5, 0.6) is 5.75 Å². The summed E-state index contributed by atoms with van der Waals surface area (Å²) in [6.45, 7) is 5.67. The van der Waals surface area contributed by atoms with Gasteiger partial charge in [0, 0.05) is 30.2 Å². The van der Waals surface area contributed by atoms with E-state index in [0.717, 1.165) is 18.4 Å². The quantitative estimate of drug-likeness (QED) is 0.804. The predicted molar refractivity (Wildman–Crippen MR) is 107 cm³/mol. The van der Waals surface area contributed by atoms with E-state index in [0.29, 0.717) is 30.5 Å². The number of rotatable bonds is 6. The molecule has 1 unspecified atom stereocenters. The minimum absolute atomic E-state index is 0.0915. The Hall–Kier alpha value is -2.04. The fourth-order valence-corrected chi connectivity index (χ4v) is 3.59. The second-order valence-corrected chi connectivity index (χ2v) is 7.55. The van der Waals surface area contributed by atoms with E-state index in [1.807, 2.05) is 31.2 Å². The second-order valence-electron chi connectivity index (χ2n) is 7.15. The summed E-state index contributed by atoms with van der Waals surface area (Å²) in [6, 6.07) is 15.8. The van der Waals surface area contributed by atoms with Gasteiger partial charge in [0.2, 0.25) is 0 Å². The van der Waals surface area contributed by atoms with Crippen molar-refractivity contribution in [3.8, 4) is 5.75 Å². The molecule has 4 nitrogen and oxygen atoms in total. The fourth-order valence-electron chi connectivity index (χ4n) is 3.47. The molecule has 3 rings (SSSR count). The van der Waals surface area contributed by atoms with Crippen molar-refractivity contribution in [2.75, 3.05) is 19.8 Å². The van der Waals surface area contributed by atoms with Gasteiger partial charge in [-0.1, -0.05) is 41.9 Å². The maximum absolute atomic E-state index is 12.6. The first-order valence-corrected chi connectivity index (χ1v) is 9.72. The van der Waals surface area contributed by atoms with E-state index in [9.17, 15) is 4.79 Å². The first-order valence-electron chi connectivity index (χ1n) is 9.34. The van der Waals surface area contributed by atoms with Gasteiger partial charge in [0.05, 0.1) is 0 Å². The molecule has 0 spiro atoms. The zero-order valence-electron chi connectivity index (χ0n) is 15.8. The molecule has 0 aliphatic carbocycles. The van der Waals surface area contributed by atoms with Gasteiger partial charge in [0.15, 0.2) is 6.10 Å². The number of benzene rings is 2. The van der Waals surface area contributed by atoms with Crippen LogP contribution in [-0.2, 0) is 14.9 Å². The Balaban J connectivity index is 1.64. The normalized spacial score (nSPS) is 17.1. The highest BCUT2D eigenvalue weighted by Gasteiger charge is 2.35. The molecular weight excluding hydrogens is 362 g/mol. The van der Waals surface area contributed by atoms with Gasteiger partial charge >= 0.3 is 0 Å². The standard InChI is InChI=1S/C22H26ClNO3/c1-16-14-19(8-9-20(16)23)27-17(2)21(25)24-15-22(10-12-26-13-11-22)18-6-4-3-5-7-18/h3-9,14,17H,10-13,15H2,1-2H3,(H,24,25). The molecule has 27 heavy (non-hydrogen) atoms. The first kappa shape index (κ1) is 19.7. The van der Waals surface area contributed by atoms with E-state index >= 15 is 0 Å². The number of carbonyl (C=O) groups is 1. The van der Waals surface area contributed by atoms with Gasteiger partial charge in [0.25, 0.3) is 5.91 Å². The summed E-state index contributed by atoms with van der Waals surface area (Å²) in [5.41, 5.74) is 2.08. The molecule has 0 radical (unpaired) electrons. The highest BCUT2D eigenvalue weighted by Crippen LogP contribution is 2.34. The predicted octanol–water partition coefficient (Wildman–Crippen LogP) is 4.28. The minimum atomic E-state index is -0.585. The largest absolute Gasteiger partial charge is 0.481 e. The van der Waals surface area contributed by atoms with Crippen molar-refractivity contribution in [2.24, 2.45) is 0 Å². The van der Waals surface area contributed by atoms with E-state index in [2.05, 4.69) is 17.4 Å². The Kier molecular flexibility index (Phi) is 6.40. The Labute approximate surface area is 165 Å². The lowest BCUT2D eigenvalue weighted by Crippen LogP contribution is -2.47. The van der Waals surface area contributed by atoms with Crippen molar-refractivity contribution in [1.29, 1.82) is 0 Å². The SMILES string of the molecule is Cc1cc(OC(C)C(=O)NCC2(c3ccccc3)CCOCC2)ccc1Cl. The van der Waals surface area contributed by atoms with E-state index < -0.39 is 6.10 Å². The summed E-state index contributed by atoms with van der Waals surface area (Å²) in [6.07, 6.45) is 1.20. The molecule has 1 N–H and O–H groups in total. The Morgan fingerprint density at radius 3 is 2.59 bits per heavy atom. The first-order chi connectivity index (χ1) is 13.0. The Bertz CT molecular complexity index is 772. The number of nitrogens with one attached hydrogen (secondary N) is 1. The fraction of sp³-hybridized carbons (Fsp3) is 0.409. The van der Waals surface area contributed by atoms with Crippen molar-refractivity contribution in [3.63, 3.8) is 0 Å². The lowest BCUT2D eigenvalue weighted by molar-refractivity contribution is -0.127. The smallest absolute Gasteiger partial charge is 0.260 e. The maximum atomic E-state index is 12.6. The molecule has 1 heterocycles. The van der Waals surface area contributed by atoms with Crippen LogP contribution in [0.25, 0.3) is 0 Å². The maximum Gasteiger partial charge on any atom is 0.260 e. The van der Waals surface area contributed by atoms with Gasteiger partial charge in [-0.3, -0.25) is 4.79 Å². The molecule has 5 heteroatoms. The molecule has 0 aromatic heterocycles. The average Bonchev–Trinajstić information content (AvgIpc) is 2.70. The Morgan fingerprint density at radius 1 is 1.22 bits per heavy atom. The number of hydrogen-bond donors (Lipinski definition) is 1. The molecule has 0 saturated carbocycles. The summed E-state index contributed by atoms with van der Waals surface area (Å²) in [7, 11) is 0. The van der Waals surface area contributed by atoms with Gasteiger partial charge in [-0.2, -0.15) is 0 Å². The number of ether oxygens (including phenoxy) is 2. The lowest BCUT2D eigenvalue weighted by Gasteiger charge is -2.38. The van der Waals surface area contributed by atoms with Crippen molar-refractivity contribution >= 4 is 17.5 Å². The highest BCUT2D eigenvalue weighted by molar-refractivity contribution is 6.31. The topological polar surface area (TPSA) is 47.6 Å². The molecule has 1 saturated heterocycles. The van der Waals surface area contributed by atoms with Crippen LogP contribution in [0, 0.1) is 6.92 Å². The zero-order valence-corrected chi connectivity index (χ0v) is 16.6. The molecule has 2 aromatic carbocycles. The highest BCUT2D eigenvalue weighted by atomic mass is 35.5. The van der Waals surface area contributed by atoms with Crippen LogP contribution in [0.4, 0.5) is 0 Å². The number of carbonyl (C=O) groups excluding carboxylic acids is 1. The monoisotopic (exact) mass is 387 g/mol. The molecule has 144 valence electrons. The van der Waals surface area contributed by atoms with Gasteiger partial charge in [-0.15, -0.1) is 0 Å². The third-order valence-electron chi connectivity index (χ3n) is 5.25. The van der Waals surface area contributed by atoms with Crippen molar-refractivity contribution in [1.82, 2.24) is 5.32 Å². The van der Waals surface area contributed by atoms with Crippen LogP contribution < -0.4 is 10.1 Å². The Morgan fingerprint density at radius 2 is 1.93 bits per heavy atom. The molecule has 1 atom stereocenters. The molecule has 1 fully saturated rings. The van der Waals surface area contributed by atoms with Crippen LogP contribution in [0.15, 0.2) is 48.5 Å². The van der Waals surface area contributed by atoms with Gasteiger partial charge < -0.3 is 14.8 Å². The summed E-state index contributed by atoms with van der Waals surface area (Å²) in [5.74, 6) is 0.521. The third kappa shape index (κ3) is 4.82. The van der Waals surface area contributed by atoms with Gasteiger partial charge in [-0.25, -0.2) is 0 Å². The molecule has 1 aliphatic rings. The number of aryl methyl sites for hydroxylation is 1. The van der Waals surface area contributed by atoms with E-state index in [1.165, 1.54) is 5.56 Å². The number of hydrogen-bond acceptors (Lipinski definition) is 3. The average molecular weight is 388 g/mol. The summed E-state index contributed by atoms with van der Waals surface area (Å²) in [5, 5.41) is 3.78. The van der Waals surface area contributed by atoms with E-state index in [4.69, 9.17) is 21.1 Å². The van der Waals surface area contributed by atoms with Crippen LogP contribution >= 0.6 is 11.6 Å². The minimum Gasteiger partial charge on any atom is -0.481 e. The molecule has 1 aliphatic heterocycles. The van der Waals surface area contributed by atoms with E-state index in [1.54, 1.807) is 19.1 Å². The number of amides is 1. The molecular formula is C22H26ClNO3. The summed E-state index contributed by atoms with van der Waals surface area (Å²) < 4.78 is 11.3. The summed E-state index contributed by atoms with van der Waals surface area (Å²) in [4.78, 5) is 12.6. The molecule has 0 bridgehead atoms. The zero-order chi connectivity index (χ0) is 19.3. The summed E-state index contributed by atoms with van der Waals surface area (Å²) >= 11 is 6.04. The van der Waals surface area contributed by atoms with Gasteiger partial charge in [0.1, 0.15) is 5.75 Å². The van der Waals surface area contributed by atoms with Crippen molar-refractivity contribution in [3.05, 3.63) is 64.7 Å². The van der Waals surface area contributed by atoms with Crippen LogP contribution in [0.2, 0.25) is 5.02 Å². The van der Waals surface area contributed by atoms with Crippen LogP contribution in [0.3, 0.4) is 0 Å². The van der Waals surface area contributed by atoms with Crippen LogP contribution in [-0.4, -0.2) is 31.8 Å². The van der Waals surface area contributed by atoms with Crippen molar-refractivity contribution < 1.29 is 14.3 Å². The molecule has 2 aromatic rings. The van der Waals surface area contributed by atoms with Crippen LogP contribution in [0.1, 0.15) is 30.9 Å². The van der Waals surface area contributed by atoms with Gasteiger partial charge in [-0.05, 0) is 56.0 Å². The third-order valence-corrected chi connectivity index (χ3v) is 5.67. The molecule has 1 amide bonds. The lowest BCUT2D eigenvalue weighted by atomic mass is 9.74. The number of halogens is 1.